The fraction of sp³-hybridized carbons (Fsp3) is 0.233. The summed E-state index contributed by atoms with van der Waals surface area (Å²) in [7, 11) is 1.62. The van der Waals surface area contributed by atoms with Crippen molar-refractivity contribution in [1.29, 1.82) is 0 Å². The van der Waals surface area contributed by atoms with Crippen LogP contribution in [0.25, 0.3) is 10.9 Å². The van der Waals surface area contributed by atoms with Gasteiger partial charge in [0.25, 0.3) is 11.8 Å². The first-order valence-corrected chi connectivity index (χ1v) is 13.0. The van der Waals surface area contributed by atoms with Crippen molar-refractivity contribution in [3.05, 3.63) is 77.5 Å². The molecule has 10 heteroatoms. The number of rotatable bonds is 4. The number of amides is 4. The number of nitrogens with one attached hydrogen (secondary N) is 2. The van der Waals surface area contributed by atoms with Crippen molar-refractivity contribution < 1.29 is 28.6 Å². The van der Waals surface area contributed by atoms with E-state index in [2.05, 4.69) is 10.3 Å². The molecule has 0 saturated carbocycles. The fourth-order valence-electron chi connectivity index (χ4n) is 5.86. The maximum Gasteiger partial charge on any atom is 0.332 e. The first kappa shape index (κ1) is 24.1. The van der Waals surface area contributed by atoms with E-state index in [1.165, 1.54) is 4.90 Å². The molecule has 4 aromatic rings. The number of hydrogen-bond acceptors (Lipinski definition) is 6. The molecule has 4 heterocycles. The molecule has 0 bridgehead atoms. The van der Waals surface area contributed by atoms with Gasteiger partial charge in [-0.3, -0.25) is 9.59 Å². The van der Waals surface area contributed by atoms with Gasteiger partial charge < -0.3 is 29.4 Å². The number of hydrogen-bond donors (Lipinski definition) is 2. The maximum atomic E-state index is 13.9. The van der Waals surface area contributed by atoms with E-state index < -0.39 is 5.54 Å². The molecule has 202 valence electrons. The first-order chi connectivity index (χ1) is 19.4. The van der Waals surface area contributed by atoms with Gasteiger partial charge in [-0.25, -0.2) is 9.69 Å². The van der Waals surface area contributed by atoms with Crippen LogP contribution in [0.15, 0.2) is 60.7 Å². The summed E-state index contributed by atoms with van der Waals surface area (Å²) in [5.41, 5.74) is 2.81. The van der Waals surface area contributed by atoms with Crippen LogP contribution < -0.4 is 24.4 Å². The third-order valence-corrected chi connectivity index (χ3v) is 7.95. The van der Waals surface area contributed by atoms with E-state index in [9.17, 15) is 14.4 Å². The van der Waals surface area contributed by atoms with Crippen molar-refractivity contribution in [1.82, 2.24) is 9.88 Å². The van der Waals surface area contributed by atoms with Gasteiger partial charge in [0, 0.05) is 34.8 Å². The highest BCUT2D eigenvalue weighted by Gasteiger charge is 2.59. The van der Waals surface area contributed by atoms with Crippen LogP contribution in [0.3, 0.4) is 0 Å². The quantitative estimate of drug-likeness (QED) is 0.372. The molecule has 1 fully saturated rings. The van der Waals surface area contributed by atoms with E-state index in [1.807, 2.05) is 18.2 Å². The summed E-state index contributed by atoms with van der Waals surface area (Å²) in [5.74, 6) is 1.27. The molecule has 3 aliphatic rings. The molecule has 10 nitrogen and oxygen atoms in total. The molecule has 1 saturated heterocycles. The molecule has 0 aliphatic carbocycles. The Balaban J connectivity index is 1.15. The van der Waals surface area contributed by atoms with E-state index in [4.69, 9.17) is 14.2 Å². The molecule has 1 atom stereocenters. The van der Waals surface area contributed by atoms with Gasteiger partial charge in [-0.2, -0.15) is 0 Å². The second-order valence-electron chi connectivity index (χ2n) is 10.1. The van der Waals surface area contributed by atoms with Crippen LogP contribution in [0.4, 0.5) is 16.2 Å². The van der Waals surface area contributed by atoms with Crippen molar-refractivity contribution in [2.45, 2.75) is 18.9 Å². The van der Waals surface area contributed by atoms with Gasteiger partial charge in [-0.05, 0) is 73.5 Å². The normalized spacial score (nSPS) is 19.4. The minimum atomic E-state index is -1.18. The number of methoxy groups -OCH3 is 1. The molecule has 0 unspecified atom stereocenters. The molecule has 3 aliphatic heterocycles. The average molecular weight is 539 g/mol. The van der Waals surface area contributed by atoms with Gasteiger partial charge in [0.15, 0.2) is 17.0 Å². The number of anilines is 2. The highest BCUT2D eigenvalue weighted by Crippen LogP contribution is 2.45. The van der Waals surface area contributed by atoms with Crippen LogP contribution in [0.5, 0.6) is 17.2 Å². The van der Waals surface area contributed by atoms with E-state index in [0.29, 0.717) is 54.6 Å². The molecule has 3 aromatic carbocycles. The molecule has 2 N–H and O–H groups in total. The van der Waals surface area contributed by atoms with Crippen molar-refractivity contribution in [3.8, 4) is 17.2 Å². The van der Waals surface area contributed by atoms with E-state index in [-0.39, 0.29) is 17.8 Å². The smallest absolute Gasteiger partial charge is 0.332 e. The van der Waals surface area contributed by atoms with Crippen LogP contribution in [-0.2, 0) is 16.8 Å². The third kappa shape index (κ3) is 3.45. The number of fused-ring (bicyclic) bond motifs is 6. The number of carbonyl (C=O) groups is 3. The van der Waals surface area contributed by atoms with Gasteiger partial charge in [0.2, 0.25) is 0 Å². The van der Waals surface area contributed by atoms with E-state index >= 15 is 0 Å². The van der Waals surface area contributed by atoms with Crippen molar-refractivity contribution in [3.63, 3.8) is 0 Å². The van der Waals surface area contributed by atoms with Crippen LogP contribution in [-0.4, -0.2) is 54.6 Å². The summed E-state index contributed by atoms with van der Waals surface area (Å²) >= 11 is 0. The lowest BCUT2D eigenvalue weighted by Gasteiger charge is -2.35. The standard InChI is InChI=1S/C30H26N4O6/c1-30-26-21(22-16-20(38-2)8-9-23(22)32-26)11-12-33(30)29(37)34(28(30)36)19-6-3-17(4-7-19)27(35)31-18-5-10-24-25(15-18)40-14-13-39-24/h3-10,15-16,32H,11-14H2,1-2H3,(H,31,35)/t30-/m0/s1. The summed E-state index contributed by atoms with van der Waals surface area (Å²) in [6.45, 7) is 3.13. The van der Waals surface area contributed by atoms with Crippen molar-refractivity contribution in [2.75, 3.05) is 37.1 Å². The lowest BCUT2D eigenvalue weighted by atomic mass is 9.87. The van der Waals surface area contributed by atoms with E-state index in [1.54, 1.807) is 61.4 Å². The number of H-pyrrole nitrogens is 1. The lowest BCUT2D eigenvalue weighted by Crippen LogP contribution is -2.49. The number of nitrogens with zero attached hydrogens (tertiary/aromatic N) is 2. The van der Waals surface area contributed by atoms with Crippen molar-refractivity contribution >= 4 is 40.1 Å². The van der Waals surface area contributed by atoms with Gasteiger partial charge in [-0.15, -0.1) is 0 Å². The number of urea groups is 1. The Labute approximate surface area is 229 Å². The van der Waals surface area contributed by atoms with Crippen LogP contribution in [0.1, 0.15) is 28.5 Å². The Kier molecular flexibility index (Phi) is 5.28. The van der Waals surface area contributed by atoms with Crippen LogP contribution >= 0.6 is 0 Å². The largest absolute Gasteiger partial charge is 0.497 e. The molecule has 0 spiro atoms. The van der Waals surface area contributed by atoms with Gasteiger partial charge in [-0.1, -0.05) is 0 Å². The second kappa shape index (κ2) is 8.77. The summed E-state index contributed by atoms with van der Waals surface area (Å²) in [5, 5.41) is 3.84. The Morgan fingerprint density at radius 1 is 1.00 bits per heavy atom. The minimum Gasteiger partial charge on any atom is -0.497 e. The predicted octanol–water partition coefficient (Wildman–Crippen LogP) is 4.44. The number of carbonyl (C=O) groups excluding carboxylic acids is 3. The van der Waals surface area contributed by atoms with E-state index in [0.717, 1.165) is 27.9 Å². The number of aromatic amines is 1. The summed E-state index contributed by atoms with van der Waals surface area (Å²) in [4.78, 5) is 46.6. The molecule has 4 amide bonds. The molecular weight excluding hydrogens is 512 g/mol. The Bertz CT molecular complexity index is 1710. The van der Waals surface area contributed by atoms with Crippen LogP contribution in [0, 0.1) is 0 Å². The monoisotopic (exact) mass is 538 g/mol. The zero-order valence-corrected chi connectivity index (χ0v) is 21.9. The van der Waals surface area contributed by atoms with Gasteiger partial charge in [0.05, 0.1) is 18.5 Å². The fourth-order valence-corrected chi connectivity index (χ4v) is 5.86. The Morgan fingerprint density at radius 2 is 1.77 bits per heavy atom. The number of ether oxygens (including phenoxy) is 3. The lowest BCUT2D eigenvalue weighted by molar-refractivity contribution is -0.125. The van der Waals surface area contributed by atoms with Crippen molar-refractivity contribution in [2.24, 2.45) is 0 Å². The summed E-state index contributed by atoms with van der Waals surface area (Å²) < 4.78 is 16.5. The summed E-state index contributed by atoms with van der Waals surface area (Å²) in [6, 6.07) is 17.0. The number of imide groups is 1. The zero-order chi connectivity index (χ0) is 27.6. The summed E-state index contributed by atoms with van der Waals surface area (Å²) in [6.07, 6.45) is 0.615. The molecule has 1 aromatic heterocycles. The number of benzene rings is 3. The van der Waals surface area contributed by atoms with Gasteiger partial charge >= 0.3 is 6.03 Å². The van der Waals surface area contributed by atoms with Gasteiger partial charge in [0.1, 0.15) is 19.0 Å². The maximum absolute atomic E-state index is 13.9. The molecule has 7 rings (SSSR count). The molecular formula is C30H26N4O6. The third-order valence-electron chi connectivity index (χ3n) is 7.95. The second-order valence-corrected chi connectivity index (χ2v) is 10.1. The molecule has 0 radical (unpaired) electrons. The number of aromatic nitrogens is 1. The Morgan fingerprint density at radius 3 is 2.55 bits per heavy atom. The highest BCUT2D eigenvalue weighted by atomic mass is 16.6. The minimum absolute atomic E-state index is 0.329. The predicted molar refractivity (Wildman–Crippen MR) is 147 cm³/mol. The molecule has 40 heavy (non-hydrogen) atoms. The Hall–Kier alpha value is -4.99. The SMILES string of the molecule is COc1ccc2[nH]c3c(c2c1)CCN1C(=O)N(c2ccc(C(=O)Nc4ccc5c(c4)OCCO5)cc2)C(=O)[C@]31C. The van der Waals surface area contributed by atoms with Crippen LogP contribution in [0.2, 0.25) is 0 Å². The average Bonchev–Trinajstić information content (AvgIpc) is 3.45. The first-order valence-electron chi connectivity index (χ1n) is 13.0. The highest BCUT2D eigenvalue weighted by molar-refractivity contribution is 6.23. The topological polar surface area (TPSA) is 113 Å². The zero-order valence-electron chi connectivity index (χ0n) is 21.9.